The zero-order chi connectivity index (χ0) is 15.2. The van der Waals surface area contributed by atoms with Gasteiger partial charge in [0, 0.05) is 16.3 Å². The van der Waals surface area contributed by atoms with Gasteiger partial charge in [-0.3, -0.25) is 4.21 Å². The summed E-state index contributed by atoms with van der Waals surface area (Å²) < 4.78 is 17.9. The van der Waals surface area contributed by atoms with Crippen LogP contribution in [0.25, 0.3) is 0 Å². The second-order valence-electron chi connectivity index (χ2n) is 5.09. The van der Waals surface area contributed by atoms with Crippen molar-refractivity contribution in [2.75, 3.05) is 18.1 Å². The largest absolute Gasteiger partial charge is 0.494 e. The minimum atomic E-state index is -0.965. The van der Waals surface area contributed by atoms with Crippen molar-refractivity contribution >= 4 is 16.5 Å². The first-order valence-corrected chi connectivity index (χ1v) is 8.32. The summed E-state index contributed by atoms with van der Waals surface area (Å²) in [6.07, 6.45) is 0.754. The van der Waals surface area contributed by atoms with E-state index in [9.17, 15) is 4.21 Å². The Labute approximate surface area is 128 Å². The molecule has 112 valence electrons. The summed E-state index contributed by atoms with van der Waals surface area (Å²) in [6, 6.07) is 13.3. The third kappa shape index (κ3) is 4.60. The third-order valence-electron chi connectivity index (χ3n) is 3.20. The molecule has 1 atom stereocenters. The predicted octanol–water partition coefficient (Wildman–Crippen LogP) is 3.46. The molecule has 2 rings (SSSR count). The molecule has 3 nitrogen and oxygen atoms in total. The monoisotopic (exact) mass is 303 g/mol. The molecular weight excluding hydrogens is 282 g/mol. The molecule has 2 aromatic carbocycles. The molecule has 0 fully saturated rings. The van der Waals surface area contributed by atoms with Gasteiger partial charge in [0.15, 0.2) is 0 Å². The van der Waals surface area contributed by atoms with Gasteiger partial charge in [-0.25, -0.2) is 0 Å². The molecule has 0 aromatic heterocycles. The number of rotatable bonds is 6. The first-order valence-electron chi connectivity index (χ1n) is 7.00. The van der Waals surface area contributed by atoms with E-state index >= 15 is 0 Å². The van der Waals surface area contributed by atoms with Crippen LogP contribution in [0.3, 0.4) is 0 Å². The summed E-state index contributed by atoms with van der Waals surface area (Å²) in [6.45, 7) is 4.60. The number of nitrogen functional groups attached to an aromatic ring is 1. The molecule has 2 N–H and O–H groups in total. The quantitative estimate of drug-likeness (QED) is 0.657. The summed E-state index contributed by atoms with van der Waals surface area (Å²) in [5, 5.41) is 0. The highest BCUT2D eigenvalue weighted by Crippen LogP contribution is 2.16. The second-order valence-corrected chi connectivity index (χ2v) is 6.63. The molecule has 1 unspecified atom stereocenters. The Kier molecular flexibility index (Phi) is 5.39. The van der Waals surface area contributed by atoms with Gasteiger partial charge in [-0.2, -0.15) is 0 Å². The molecule has 0 spiro atoms. The summed E-state index contributed by atoms with van der Waals surface area (Å²) in [5.41, 5.74) is 8.62. The van der Waals surface area contributed by atoms with E-state index < -0.39 is 10.8 Å². The number of hydrogen-bond acceptors (Lipinski definition) is 3. The van der Waals surface area contributed by atoms with Crippen LogP contribution in [0.4, 0.5) is 5.69 Å². The van der Waals surface area contributed by atoms with Gasteiger partial charge in [0.2, 0.25) is 0 Å². The van der Waals surface area contributed by atoms with Crippen molar-refractivity contribution in [1.82, 2.24) is 0 Å². The van der Waals surface area contributed by atoms with Gasteiger partial charge in [-0.15, -0.1) is 0 Å². The van der Waals surface area contributed by atoms with Crippen molar-refractivity contribution in [1.29, 1.82) is 0 Å². The Hall–Kier alpha value is -1.81. The molecule has 2 aromatic rings. The van der Waals surface area contributed by atoms with Crippen LogP contribution in [0, 0.1) is 13.8 Å². The van der Waals surface area contributed by atoms with Gasteiger partial charge in [-0.05, 0) is 56.2 Å². The lowest BCUT2D eigenvalue weighted by Gasteiger charge is -2.08. The van der Waals surface area contributed by atoms with E-state index in [0.717, 1.165) is 28.3 Å². The number of hydrogen-bond donors (Lipinski definition) is 1. The highest BCUT2D eigenvalue weighted by atomic mass is 32.2. The Morgan fingerprint density at radius 1 is 1.10 bits per heavy atom. The fourth-order valence-corrected chi connectivity index (χ4v) is 3.35. The third-order valence-corrected chi connectivity index (χ3v) is 4.81. The van der Waals surface area contributed by atoms with E-state index in [1.54, 1.807) is 0 Å². The SMILES string of the molecule is Cc1ccc(S(=O)CCCOc2ccc(N)cc2)c(C)c1. The van der Waals surface area contributed by atoms with Crippen LogP contribution in [0.2, 0.25) is 0 Å². The van der Waals surface area contributed by atoms with E-state index in [2.05, 4.69) is 6.07 Å². The fourth-order valence-electron chi connectivity index (χ4n) is 2.11. The molecule has 0 radical (unpaired) electrons. The van der Waals surface area contributed by atoms with Gasteiger partial charge in [-0.1, -0.05) is 17.7 Å². The van der Waals surface area contributed by atoms with Crippen LogP contribution in [-0.4, -0.2) is 16.6 Å². The highest BCUT2D eigenvalue weighted by molar-refractivity contribution is 7.85. The number of anilines is 1. The summed E-state index contributed by atoms with van der Waals surface area (Å²) in [7, 11) is -0.965. The molecule has 0 aliphatic rings. The minimum Gasteiger partial charge on any atom is -0.494 e. The highest BCUT2D eigenvalue weighted by Gasteiger charge is 2.07. The van der Waals surface area contributed by atoms with Crippen molar-refractivity contribution in [3.8, 4) is 5.75 Å². The van der Waals surface area contributed by atoms with Gasteiger partial charge >= 0.3 is 0 Å². The summed E-state index contributed by atoms with van der Waals surface area (Å²) in [4.78, 5) is 0.924. The van der Waals surface area contributed by atoms with Crippen molar-refractivity contribution in [2.45, 2.75) is 25.2 Å². The van der Waals surface area contributed by atoms with E-state index in [0.29, 0.717) is 12.4 Å². The second kappa shape index (κ2) is 7.27. The number of benzene rings is 2. The maximum atomic E-state index is 12.3. The molecule has 0 aliphatic heterocycles. The van der Waals surface area contributed by atoms with Gasteiger partial charge in [0.1, 0.15) is 5.75 Å². The molecule has 0 bridgehead atoms. The molecule has 0 saturated carbocycles. The molecule has 21 heavy (non-hydrogen) atoms. The van der Waals surface area contributed by atoms with Crippen molar-refractivity contribution in [3.05, 3.63) is 53.6 Å². The number of ether oxygens (including phenoxy) is 1. The molecule has 4 heteroatoms. The first kappa shape index (κ1) is 15.6. The van der Waals surface area contributed by atoms with E-state index in [4.69, 9.17) is 10.5 Å². The van der Waals surface area contributed by atoms with Gasteiger partial charge in [0.05, 0.1) is 17.4 Å². The Morgan fingerprint density at radius 2 is 1.81 bits per heavy atom. The minimum absolute atomic E-state index is 0.556. The number of aryl methyl sites for hydroxylation is 2. The van der Waals surface area contributed by atoms with Crippen LogP contribution >= 0.6 is 0 Å². The molecule has 0 saturated heterocycles. The molecule has 0 amide bonds. The van der Waals surface area contributed by atoms with Crippen LogP contribution in [-0.2, 0) is 10.8 Å². The average molecular weight is 303 g/mol. The zero-order valence-electron chi connectivity index (χ0n) is 12.5. The normalized spacial score (nSPS) is 12.1. The van der Waals surface area contributed by atoms with Crippen LogP contribution in [0.5, 0.6) is 5.75 Å². The molecule has 0 aliphatic carbocycles. The average Bonchev–Trinajstić information content (AvgIpc) is 2.45. The number of nitrogens with two attached hydrogens (primary N) is 1. The maximum Gasteiger partial charge on any atom is 0.119 e. The van der Waals surface area contributed by atoms with Crippen LogP contribution in [0.1, 0.15) is 17.5 Å². The van der Waals surface area contributed by atoms with Crippen LogP contribution < -0.4 is 10.5 Å². The Morgan fingerprint density at radius 3 is 2.48 bits per heavy atom. The smallest absolute Gasteiger partial charge is 0.119 e. The lowest BCUT2D eigenvalue weighted by atomic mass is 10.2. The molecular formula is C17H21NO2S. The topological polar surface area (TPSA) is 52.3 Å². The van der Waals surface area contributed by atoms with Gasteiger partial charge < -0.3 is 10.5 Å². The summed E-state index contributed by atoms with van der Waals surface area (Å²) >= 11 is 0. The van der Waals surface area contributed by atoms with Gasteiger partial charge in [0.25, 0.3) is 0 Å². The first-order chi connectivity index (χ1) is 10.1. The lowest BCUT2D eigenvalue weighted by Crippen LogP contribution is -2.06. The molecule has 0 heterocycles. The fraction of sp³-hybridized carbons (Fsp3) is 0.294. The maximum absolute atomic E-state index is 12.3. The van der Waals surface area contributed by atoms with E-state index in [1.807, 2.05) is 50.2 Å². The van der Waals surface area contributed by atoms with Crippen molar-refractivity contribution < 1.29 is 8.95 Å². The van der Waals surface area contributed by atoms with E-state index in [1.165, 1.54) is 5.56 Å². The zero-order valence-corrected chi connectivity index (χ0v) is 13.3. The predicted molar refractivity (Wildman–Crippen MR) is 88.2 cm³/mol. The lowest BCUT2D eigenvalue weighted by molar-refractivity contribution is 0.318. The summed E-state index contributed by atoms with van der Waals surface area (Å²) in [5.74, 6) is 1.40. The van der Waals surface area contributed by atoms with Crippen molar-refractivity contribution in [2.24, 2.45) is 0 Å². The van der Waals surface area contributed by atoms with E-state index in [-0.39, 0.29) is 0 Å². The standard InChI is InChI=1S/C17H21NO2S/c1-13-4-9-17(14(2)12-13)21(19)11-3-10-20-16-7-5-15(18)6-8-16/h4-9,12H,3,10-11,18H2,1-2H3. The Balaban J connectivity index is 1.80. The van der Waals surface area contributed by atoms with Crippen molar-refractivity contribution in [3.63, 3.8) is 0 Å². The Bertz CT molecular complexity index is 623. The van der Waals surface area contributed by atoms with Crippen LogP contribution in [0.15, 0.2) is 47.4 Å².